The standard InChI is InChI=1S/C19H26N2O2/c1-23-18-9-5-4-8-17(18)15-20-10-12-21(13-11-20)19(22)14-16-6-2-3-7-16/h2,4-6,8-9,16H,3,7,10-15H2,1H3/t16-/m1/s1. The molecule has 0 aromatic heterocycles. The van der Waals surface area contributed by atoms with Gasteiger partial charge in [-0.3, -0.25) is 9.69 Å². The van der Waals surface area contributed by atoms with Gasteiger partial charge >= 0.3 is 0 Å². The number of ether oxygens (including phenoxy) is 1. The fourth-order valence-electron chi connectivity index (χ4n) is 3.45. The Labute approximate surface area is 138 Å². The molecule has 0 bridgehead atoms. The quantitative estimate of drug-likeness (QED) is 0.784. The van der Waals surface area contributed by atoms with Gasteiger partial charge in [-0.25, -0.2) is 0 Å². The largest absolute Gasteiger partial charge is 0.496 e. The molecular formula is C19H26N2O2. The van der Waals surface area contributed by atoms with Gasteiger partial charge in [-0.2, -0.15) is 0 Å². The number of allylic oxidation sites excluding steroid dienone is 2. The van der Waals surface area contributed by atoms with Crippen LogP contribution in [0.1, 0.15) is 24.8 Å². The van der Waals surface area contributed by atoms with Crippen LogP contribution in [0, 0.1) is 5.92 Å². The van der Waals surface area contributed by atoms with Crippen LogP contribution in [0.4, 0.5) is 0 Å². The van der Waals surface area contributed by atoms with Gasteiger partial charge in [0.25, 0.3) is 0 Å². The molecule has 1 saturated heterocycles. The minimum absolute atomic E-state index is 0.318. The van der Waals surface area contributed by atoms with Gasteiger partial charge < -0.3 is 9.64 Å². The van der Waals surface area contributed by atoms with Crippen molar-refractivity contribution in [3.8, 4) is 5.75 Å². The molecule has 2 aliphatic rings. The van der Waals surface area contributed by atoms with Crippen molar-refractivity contribution >= 4 is 5.91 Å². The maximum Gasteiger partial charge on any atom is 0.223 e. The predicted molar refractivity (Wildman–Crippen MR) is 91.3 cm³/mol. The first-order valence-corrected chi connectivity index (χ1v) is 8.55. The summed E-state index contributed by atoms with van der Waals surface area (Å²) in [5.74, 6) is 1.73. The molecule has 3 rings (SSSR count). The summed E-state index contributed by atoms with van der Waals surface area (Å²) in [5.41, 5.74) is 1.21. The van der Waals surface area contributed by atoms with Crippen LogP contribution in [-0.2, 0) is 11.3 Å². The Morgan fingerprint density at radius 1 is 1.22 bits per heavy atom. The van der Waals surface area contributed by atoms with Crippen molar-refractivity contribution in [1.82, 2.24) is 9.80 Å². The number of para-hydroxylation sites is 1. The number of piperazine rings is 1. The molecule has 0 radical (unpaired) electrons. The topological polar surface area (TPSA) is 32.8 Å². The van der Waals surface area contributed by atoms with Crippen molar-refractivity contribution in [2.45, 2.75) is 25.8 Å². The number of benzene rings is 1. The third-order valence-corrected chi connectivity index (χ3v) is 4.86. The number of carbonyl (C=O) groups is 1. The smallest absolute Gasteiger partial charge is 0.223 e. The molecule has 1 atom stereocenters. The molecular weight excluding hydrogens is 288 g/mol. The van der Waals surface area contributed by atoms with E-state index in [-0.39, 0.29) is 0 Å². The Hall–Kier alpha value is -1.81. The monoisotopic (exact) mass is 314 g/mol. The summed E-state index contributed by atoms with van der Waals surface area (Å²) in [6.45, 7) is 4.43. The molecule has 0 spiro atoms. The Morgan fingerprint density at radius 2 is 2.00 bits per heavy atom. The number of rotatable bonds is 5. The Bertz CT molecular complexity index is 562. The molecule has 1 aromatic rings. The van der Waals surface area contributed by atoms with Crippen LogP contribution >= 0.6 is 0 Å². The van der Waals surface area contributed by atoms with Crippen molar-refractivity contribution in [3.05, 3.63) is 42.0 Å². The minimum Gasteiger partial charge on any atom is -0.496 e. The molecule has 1 aliphatic heterocycles. The number of nitrogens with zero attached hydrogens (tertiary/aromatic N) is 2. The second kappa shape index (κ2) is 7.64. The van der Waals surface area contributed by atoms with E-state index < -0.39 is 0 Å². The second-order valence-electron chi connectivity index (χ2n) is 6.44. The fraction of sp³-hybridized carbons (Fsp3) is 0.526. The highest BCUT2D eigenvalue weighted by Gasteiger charge is 2.23. The first-order chi connectivity index (χ1) is 11.3. The van der Waals surface area contributed by atoms with Gasteiger partial charge in [0.05, 0.1) is 7.11 Å². The summed E-state index contributed by atoms with van der Waals surface area (Å²) < 4.78 is 5.42. The fourth-order valence-corrected chi connectivity index (χ4v) is 3.45. The molecule has 1 fully saturated rings. The van der Waals surface area contributed by atoms with E-state index in [2.05, 4.69) is 23.1 Å². The summed E-state index contributed by atoms with van der Waals surface area (Å²) in [7, 11) is 1.72. The first kappa shape index (κ1) is 16.1. The van der Waals surface area contributed by atoms with Crippen LogP contribution < -0.4 is 4.74 Å². The third-order valence-electron chi connectivity index (χ3n) is 4.86. The highest BCUT2D eigenvalue weighted by atomic mass is 16.5. The van der Waals surface area contributed by atoms with Crippen molar-refractivity contribution in [2.75, 3.05) is 33.3 Å². The number of methoxy groups -OCH3 is 1. The molecule has 4 heteroatoms. The van der Waals surface area contributed by atoms with Gasteiger partial charge in [-0.05, 0) is 24.8 Å². The number of hydrogen-bond donors (Lipinski definition) is 0. The van der Waals surface area contributed by atoms with Crippen LogP contribution in [0.15, 0.2) is 36.4 Å². The average molecular weight is 314 g/mol. The molecule has 1 aromatic carbocycles. The number of carbonyl (C=O) groups excluding carboxylic acids is 1. The Morgan fingerprint density at radius 3 is 2.70 bits per heavy atom. The number of amides is 1. The second-order valence-corrected chi connectivity index (χ2v) is 6.44. The third kappa shape index (κ3) is 4.14. The van der Waals surface area contributed by atoms with E-state index in [1.807, 2.05) is 23.1 Å². The lowest BCUT2D eigenvalue weighted by Crippen LogP contribution is -2.48. The lowest BCUT2D eigenvalue weighted by Gasteiger charge is -2.35. The predicted octanol–water partition coefficient (Wildman–Crippen LogP) is 2.70. The zero-order valence-corrected chi connectivity index (χ0v) is 13.9. The minimum atomic E-state index is 0.318. The lowest BCUT2D eigenvalue weighted by molar-refractivity contribution is -0.133. The van der Waals surface area contributed by atoms with Crippen LogP contribution in [0.2, 0.25) is 0 Å². The maximum absolute atomic E-state index is 12.4. The zero-order chi connectivity index (χ0) is 16.1. The van der Waals surface area contributed by atoms with Crippen LogP contribution in [-0.4, -0.2) is 49.0 Å². The van der Waals surface area contributed by atoms with Crippen LogP contribution in [0.5, 0.6) is 5.75 Å². The summed E-state index contributed by atoms with van der Waals surface area (Å²) in [6.07, 6.45) is 7.35. The van der Waals surface area contributed by atoms with E-state index in [9.17, 15) is 4.79 Å². The van der Waals surface area contributed by atoms with E-state index in [4.69, 9.17) is 4.74 Å². The van der Waals surface area contributed by atoms with Gasteiger partial charge in [-0.1, -0.05) is 30.4 Å². The molecule has 124 valence electrons. The average Bonchev–Trinajstić information content (AvgIpc) is 3.09. The molecule has 0 N–H and O–H groups in total. The van der Waals surface area contributed by atoms with E-state index >= 15 is 0 Å². The maximum atomic E-state index is 12.4. The van der Waals surface area contributed by atoms with Crippen LogP contribution in [0.25, 0.3) is 0 Å². The van der Waals surface area contributed by atoms with E-state index in [1.165, 1.54) is 5.56 Å². The first-order valence-electron chi connectivity index (χ1n) is 8.55. The highest BCUT2D eigenvalue weighted by molar-refractivity contribution is 5.76. The van der Waals surface area contributed by atoms with Crippen molar-refractivity contribution in [1.29, 1.82) is 0 Å². The molecule has 23 heavy (non-hydrogen) atoms. The molecule has 0 unspecified atom stereocenters. The molecule has 1 amide bonds. The van der Waals surface area contributed by atoms with Gasteiger partial charge in [0.15, 0.2) is 0 Å². The SMILES string of the molecule is COc1ccccc1CN1CCN(C(=O)C[C@@H]2C=CCC2)CC1. The summed E-state index contributed by atoms with van der Waals surface area (Å²) in [6, 6.07) is 8.16. The normalized spacial score (nSPS) is 21.6. The molecule has 1 heterocycles. The summed E-state index contributed by atoms with van der Waals surface area (Å²) in [4.78, 5) is 16.8. The van der Waals surface area contributed by atoms with Crippen molar-refractivity contribution < 1.29 is 9.53 Å². The number of hydrogen-bond acceptors (Lipinski definition) is 3. The van der Waals surface area contributed by atoms with Gasteiger partial charge in [0.2, 0.25) is 5.91 Å². The zero-order valence-electron chi connectivity index (χ0n) is 13.9. The molecule has 0 saturated carbocycles. The summed E-state index contributed by atoms with van der Waals surface area (Å²) >= 11 is 0. The van der Waals surface area contributed by atoms with Crippen molar-refractivity contribution in [2.24, 2.45) is 5.92 Å². The highest BCUT2D eigenvalue weighted by Crippen LogP contribution is 2.23. The lowest BCUT2D eigenvalue weighted by atomic mass is 10.0. The summed E-state index contributed by atoms with van der Waals surface area (Å²) in [5, 5.41) is 0. The molecule has 4 nitrogen and oxygen atoms in total. The van der Waals surface area contributed by atoms with Gasteiger partial charge in [0.1, 0.15) is 5.75 Å². The van der Waals surface area contributed by atoms with Crippen molar-refractivity contribution in [3.63, 3.8) is 0 Å². The van der Waals surface area contributed by atoms with Crippen LogP contribution in [0.3, 0.4) is 0 Å². The van der Waals surface area contributed by atoms with E-state index in [1.54, 1.807) is 7.11 Å². The van der Waals surface area contributed by atoms with E-state index in [0.717, 1.165) is 51.3 Å². The Balaban J connectivity index is 1.48. The van der Waals surface area contributed by atoms with Gasteiger partial charge in [0, 0.05) is 44.7 Å². The molecule has 1 aliphatic carbocycles. The van der Waals surface area contributed by atoms with Gasteiger partial charge in [-0.15, -0.1) is 0 Å². The van der Waals surface area contributed by atoms with E-state index in [0.29, 0.717) is 18.2 Å². The Kier molecular flexibility index (Phi) is 5.34.